The highest BCUT2D eigenvalue weighted by atomic mass is 32.1. The number of hydrogen-bond donors (Lipinski definition) is 1. The van der Waals surface area contributed by atoms with Gasteiger partial charge in [0.05, 0.1) is 32.1 Å². The van der Waals surface area contributed by atoms with Crippen molar-refractivity contribution < 1.29 is 28.6 Å². The summed E-state index contributed by atoms with van der Waals surface area (Å²) in [6.45, 7) is 5.80. The minimum Gasteiger partial charge on any atom is -0.497 e. The van der Waals surface area contributed by atoms with Crippen LogP contribution in [0.1, 0.15) is 34.2 Å². The molecule has 9 nitrogen and oxygen atoms in total. The van der Waals surface area contributed by atoms with E-state index in [9.17, 15) is 14.4 Å². The summed E-state index contributed by atoms with van der Waals surface area (Å²) < 4.78 is 17.7. The molecule has 0 saturated carbocycles. The van der Waals surface area contributed by atoms with Gasteiger partial charge in [-0.1, -0.05) is 6.07 Å². The monoisotopic (exact) mass is 533 g/mol. The number of ether oxygens (including phenoxy) is 3. The molecule has 1 aliphatic heterocycles. The summed E-state index contributed by atoms with van der Waals surface area (Å²) in [6.07, 6.45) is 1.54. The molecule has 10 heteroatoms. The Balaban J connectivity index is 1.75. The van der Waals surface area contributed by atoms with E-state index < -0.39 is 17.8 Å². The third-order valence-corrected chi connectivity index (χ3v) is 6.40. The van der Waals surface area contributed by atoms with Gasteiger partial charge in [0.1, 0.15) is 17.1 Å². The largest absolute Gasteiger partial charge is 0.497 e. The molecule has 38 heavy (non-hydrogen) atoms. The summed E-state index contributed by atoms with van der Waals surface area (Å²) in [7, 11) is 2.99. The lowest BCUT2D eigenvalue weighted by Gasteiger charge is -2.30. The van der Waals surface area contributed by atoms with E-state index in [1.54, 1.807) is 43.3 Å². The van der Waals surface area contributed by atoms with Crippen LogP contribution in [0.15, 0.2) is 54.1 Å². The maximum atomic E-state index is 13.6. The number of nitrogens with zero attached hydrogens (tertiary/aromatic N) is 2. The fourth-order valence-electron chi connectivity index (χ4n) is 4.32. The van der Waals surface area contributed by atoms with Gasteiger partial charge in [0, 0.05) is 23.1 Å². The molecule has 0 aliphatic carbocycles. The SMILES string of the molecule is CCOC(=O)c1cccc(-n2c(C)cc(/C=C3\C(=O)NC(=S)N(c4ccc(OC)cc4OC)C3=O)c2C)c1. The Labute approximate surface area is 225 Å². The molecule has 0 unspecified atom stereocenters. The molecule has 1 aromatic heterocycles. The molecule has 1 fully saturated rings. The fourth-order valence-corrected chi connectivity index (χ4v) is 4.59. The number of nitrogens with one attached hydrogen (secondary N) is 1. The number of amides is 2. The zero-order chi connectivity index (χ0) is 27.6. The highest BCUT2D eigenvalue weighted by Gasteiger charge is 2.36. The van der Waals surface area contributed by atoms with Crippen molar-refractivity contribution in [3.63, 3.8) is 0 Å². The van der Waals surface area contributed by atoms with Gasteiger partial charge in [-0.05, 0) is 81.0 Å². The first-order chi connectivity index (χ1) is 18.2. The van der Waals surface area contributed by atoms with Crippen molar-refractivity contribution in [2.24, 2.45) is 0 Å². The van der Waals surface area contributed by atoms with Crippen molar-refractivity contribution in [2.75, 3.05) is 25.7 Å². The minimum atomic E-state index is -0.599. The van der Waals surface area contributed by atoms with E-state index in [0.29, 0.717) is 28.3 Å². The lowest BCUT2D eigenvalue weighted by Crippen LogP contribution is -2.54. The van der Waals surface area contributed by atoms with Crippen LogP contribution in [0.5, 0.6) is 11.5 Å². The predicted molar refractivity (Wildman–Crippen MR) is 147 cm³/mol. The number of methoxy groups -OCH3 is 2. The molecule has 1 saturated heterocycles. The summed E-state index contributed by atoms with van der Waals surface area (Å²) in [5.41, 5.74) is 3.75. The van der Waals surface area contributed by atoms with Crippen molar-refractivity contribution in [3.05, 3.63) is 76.6 Å². The zero-order valence-corrected chi connectivity index (χ0v) is 22.5. The maximum Gasteiger partial charge on any atom is 0.338 e. The van der Waals surface area contributed by atoms with Crippen LogP contribution in [-0.4, -0.2) is 48.3 Å². The number of anilines is 1. The van der Waals surface area contributed by atoms with Gasteiger partial charge in [-0.25, -0.2) is 9.69 Å². The molecular weight excluding hydrogens is 506 g/mol. The van der Waals surface area contributed by atoms with Crippen LogP contribution in [0.25, 0.3) is 11.8 Å². The molecule has 196 valence electrons. The second kappa shape index (κ2) is 10.9. The van der Waals surface area contributed by atoms with Crippen LogP contribution < -0.4 is 19.7 Å². The van der Waals surface area contributed by atoms with Gasteiger partial charge in [0.2, 0.25) is 0 Å². The quantitative estimate of drug-likeness (QED) is 0.211. The van der Waals surface area contributed by atoms with E-state index in [1.807, 2.05) is 30.5 Å². The van der Waals surface area contributed by atoms with E-state index in [4.69, 9.17) is 26.4 Å². The number of aryl methyl sites for hydroxylation is 1. The van der Waals surface area contributed by atoms with Crippen LogP contribution in [0, 0.1) is 13.8 Å². The van der Waals surface area contributed by atoms with Gasteiger partial charge in [-0.2, -0.15) is 0 Å². The van der Waals surface area contributed by atoms with Crippen LogP contribution in [0.3, 0.4) is 0 Å². The number of benzene rings is 2. The van der Waals surface area contributed by atoms with Gasteiger partial charge in [0.15, 0.2) is 5.11 Å². The van der Waals surface area contributed by atoms with E-state index in [2.05, 4.69) is 5.32 Å². The lowest BCUT2D eigenvalue weighted by atomic mass is 10.1. The van der Waals surface area contributed by atoms with Gasteiger partial charge >= 0.3 is 5.97 Å². The van der Waals surface area contributed by atoms with Crippen LogP contribution in [0.2, 0.25) is 0 Å². The first-order valence-electron chi connectivity index (χ1n) is 11.8. The van der Waals surface area contributed by atoms with Crippen molar-refractivity contribution >= 4 is 46.9 Å². The smallest absolute Gasteiger partial charge is 0.338 e. The summed E-state index contributed by atoms with van der Waals surface area (Å²) in [5, 5.41) is 2.54. The van der Waals surface area contributed by atoms with Gasteiger partial charge in [-0.3, -0.25) is 14.9 Å². The van der Waals surface area contributed by atoms with Crippen molar-refractivity contribution in [3.8, 4) is 17.2 Å². The maximum absolute atomic E-state index is 13.6. The number of hydrogen-bond acceptors (Lipinski definition) is 7. The minimum absolute atomic E-state index is 0.0538. The number of carbonyl (C=O) groups excluding carboxylic acids is 3. The summed E-state index contributed by atoms with van der Waals surface area (Å²) in [5.74, 6) is -0.696. The second-order valence-corrected chi connectivity index (χ2v) is 8.82. The normalized spacial score (nSPS) is 14.5. The van der Waals surface area contributed by atoms with E-state index in [1.165, 1.54) is 25.2 Å². The molecule has 1 aliphatic rings. The Bertz CT molecular complexity index is 1490. The molecule has 0 bridgehead atoms. The molecule has 0 radical (unpaired) electrons. The highest BCUT2D eigenvalue weighted by molar-refractivity contribution is 7.80. The Morgan fingerprint density at radius 3 is 2.50 bits per heavy atom. The lowest BCUT2D eigenvalue weighted by molar-refractivity contribution is -0.122. The van der Waals surface area contributed by atoms with E-state index >= 15 is 0 Å². The first-order valence-corrected chi connectivity index (χ1v) is 12.2. The van der Waals surface area contributed by atoms with Gasteiger partial charge < -0.3 is 18.8 Å². The number of carbonyl (C=O) groups is 3. The summed E-state index contributed by atoms with van der Waals surface area (Å²) in [4.78, 5) is 39.9. The van der Waals surface area contributed by atoms with Crippen molar-refractivity contribution in [1.82, 2.24) is 9.88 Å². The number of thiocarbonyl (C=S) groups is 1. The summed E-state index contributed by atoms with van der Waals surface area (Å²) in [6, 6.07) is 13.9. The Hall–Kier alpha value is -4.44. The van der Waals surface area contributed by atoms with Gasteiger partial charge in [-0.15, -0.1) is 0 Å². The molecule has 4 rings (SSSR count). The van der Waals surface area contributed by atoms with Gasteiger partial charge in [0.25, 0.3) is 11.8 Å². The Morgan fingerprint density at radius 1 is 1.05 bits per heavy atom. The second-order valence-electron chi connectivity index (χ2n) is 8.43. The van der Waals surface area contributed by atoms with E-state index in [0.717, 1.165) is 17.1 Å². The number of esters is 1. The van der Waals surface area contributed by atoms with Crippen LogP contribution in [0.4, 0.5) is 5.69 Å². The predicted octanol–water partition coefficient (Wildman–Crippen LogP) is 4.12. The topological polar surface area (TPSA) is 99.1 Å². The Kier molecular flexibility index (Phi) is 7.63. The van der Waals surface area contributed by atoms with E-state index in [-0.39, 0.29) is 17.3 Å². The standard InChI is InChI=1S/C28H27N3O6S/c1-6-37-27(34)18-8-7-9-20(13-18)30-16(2)12-19(17(30)3)14-22-25(32)29-28(38)31(26(22)33)23-11-10-21(35-4)15-24(23)36-5/h7-15H,6H2,1-5H3,(H,29,32,38)/b22-14+. The molecule has 2 heterocycles. The zero-order valence-electron chi connectivity index (χ0n) is 21.7. The average Bonchev–Trinajstić information content (AvgIpc) is 3.19. The molecule has 0 spiro atoms. The molecule has 2 amide bonds. The summed E-state index contributed by atoms with van der Waals surface area (Å²) >= 11 is 5.33. The Morgan fingerprint density at radius 2 is 1.82 bits per heavy atom. The molecule has 0 atom stereocenters. The first kappa shape index (κ1) is 26.6. The fraction of sp³-hybridized carbons (Fsp3) is 0.214. The molecule has 2 aromatic carbocycles. The number of rotatable bonds is 7. The van der Waals surface area contributed by atoms with Crippen LogP contribution >= 0.6 is 12.2 Å². The molecule has 3 aromatic rings. The van der Waals surface area contributed by atoms with Crippen molar-refractivity contribution in [2.45, 2.75) is 20.8 Å². The molecular formula is C28H27N3O6S. The van der Waals surface area contributed by atoms with Crippen molar-refractivity contribution in [1.29, 1.82) is 0 Å². The van der Waals surface area contributed by atoms with Crippen LogP contribution in [-0.2, 0) is 14.3 Å². The third kappa shape index (κ3) is 4.90. The average molecular weight is 534 g/mol. The third-order valence-electron chi connectivity index (χ3n) is 6.12. The molecule has 1 N–H and O–H groups in total. The number of aromatic nitrogens is 1. The highest BCUT2D eigenvalue weighted by Crippen LogP contribution is 2.34.